The van der Waals surface area contributed by atoms with E-state index in [0.717, 1.165) is 23.4 Å². The zero-order valence-corrected chi connectivity index (χ0v) is 13.1. The SMILES string of the molecule is CSCCN(C)C(=O)c1cc(C)ccc1C#CCCO. The molecule has 108 valence electrons. The largest absolute Gasteiger partial charge is 0.395 e. The first-order valence-electron chi connectivity index (χ1n) is 6.55. The standard InChI is InChI=1S/C16H21NO2S/c1-13-7-8-14(6-4-5-10-18)15(12-13)16(19)17(2)9-11-20-3/h7-8,12,18H,5,9-11H2,1-3H3. The third-order valence-electron chi connectivity index (χ3n) is 2.84. The van der Waals surface area contributed by atoms with Crippen molar-refractivity contribution in [3.8, 4) is 11.8 Å². The van der Waals surface area contributed by atoms with Gasteiger partial charge in [0, 0.05) is 31.3 Å². The molecule has 0 saturated heterocycles. The molecule has 1 N–H and O–H groups in total. The molecule has 0 radical (unpaired) electrons. The number of rotatable bonds is 5. The lowest BCUT2D eigenvalue weighted by Crippen LogP contribution is -2.29. The van der Waals surface area contributed by atoms with E-state index in [1.165, 1.54) is 0 Å². The van der Waals surface area contributed by atoms with Gasteiger partial charge in [0.25, 0.3) is 5.91 Å². The predicted octanol–water partition coefficient (Wildman–Crippen LogP) is 2.16. The molecule has 0 spiro atoms. The zero-order chi connectivity index (χ0) is 15.0. The molecule has 1 aromatic rings. The molecule has 0 fully saturated rings. The van der Waals surface area contributed by atoms with Crippen LogP contribution in [0.5, 0.6) is 0 Å². The number of carbonyl (C=O) groups excluding carboxylic acids is 1. The smallest absolute Gasteiger partial charge is 0.254 e. The van der Waals surface area contributed by atoms with Gasteiger partial charge in [-0.25, -0.2) is 0 Å². The monoisotopic (exact) mass is 291 g/mol. The predicted molar refractivity (Wildman–Crippen MR) is 85.1 cm³/mol. The number of hydrogen-bond donors (Lipinski definition) is 1. The van der Waals surface area contributed by atoms with Crippen molar-refractivity contribution in [2.75, 3.05) is 32.2 Å². The first-order valence-corrected chi connectivity index (χ1v) is 7.94. The third-order valence-corrected chi connectivity index (χ3v) is 3.43. The molecule has 0 aliphatic heterocycles. The second kappa shape index (κ2) is 8.68. The molecule has 1 amide bonds. The second-order valence-electron chi connectivity index (χ2n) is 4.54. The molecule has 0 unspecified atom stereocenters. The van der Waals surface area contributed by atoms with Gasteiger partial charge >= 0.3 is 0 Å². The van der Waals surface area contributed by atoms with E-state index in [1.807, 2.05) is 38.4 Å². The Morgan fingerprint density at radius 3 is 2.85 bits per heavy atom. The summed E-state index contributed by atoms with van der Waals surface area (Å²) < 4.78 is 0. The molecule has 20 heavy (non-hydrogen) atoms. The molecular formula is C16H21NO2S. The van der Waals surface area contributed by atoms with Crippen LogP contribution in [0.2, 0.25) is 0 Å². The highest BCUT2D eigenvalue weighted by atomic mass is 32.2. The Hall–Kier alpha value is -1.44. The van der Waals surface area contributed by atoms with Crippen LogP contribution in [0, 0.1) is 18.8 Å². The van der Waals surface area contributed by atoms with Crippen molar-refractivity contribution in [2.24, 2.45) is 0 Å². The van der Waals surface area contributed by atoms with E-state index in [0.29, 0.717) is 12.0 Å². The van der Waals surface area contributed by atoms with E-state index < -0.39 is 0 Å². The summed E-state index contributed by atoms with van der Waals surface area (Å²) in [7, 11) is 1.81. The molecule has 0 aromatic heterocycles. The average molecular weight is 291 g/mol. The normalized spacial score (nSPS) is 9.80. The zero-order valence-electron chi connectivity index (χ0n) is 12.3. The van der Waals surface area contributed by atoms with Crippen LogP contribution in [0.15, 0.2) is 18.2 Å². The second-order valence-corrected chi connectivity index (χ2v) is 5.53. The number of carbonyl (C=O) groups is 1. The molecule has 1 rings (SSSR count). The minimum atomic E-state index is -0.00366. The molecule has 0 atom stereocenters. The first kappa shape index (κ1) is 16.6. The van der Waals surface area contributed by atoms with Crippen LogP contribution in [0.1, 0.15) is 27.9 Å². The van der Waals surface area contributed by atoms with Crippen LogP contribution in [-0.4, -0.2) is 48.1 Å². The highest BCUT2D eigenvalue weighted by Crippen LogP contribution is 2.13. The van der Waals surface area contributed by atoms with E-state index in [9.17, 15) is 4.79 Å². The molecule has 0 aliphatic carbocycles. The Labute approximate surface area is 125 Å². The maximum atomic E-state index is 12.5. The van der Waals surface area contributed by atoms with Gasteiger partial charge in [0.2, 0.25) is 0 Å². The summed E-state index contributed by atoms with van der Waals surface area (Å²) >= 11 is 1.72. The summed E-state index contributed by atoms with van der Waals surface area (Å²) in [4.78, 5) is 14.2. The van der Waals surface area contributed by atoms with Crippen molar-refractivity contribution >= 4 is 17.7 Å². The summed E-state index contributed by atoms with van der Waals surface area (Å²) in [5, 5.41) is 8.77. The fourth-order valence-electron chi connectivity index (χ4n) is 1.69. The van der Waals surface area contributed by atoms with Gasteiger partial charge in [0.15, 0.2) is 0 Å². The average Bonchev–Trinajstić information content (AvgIpc) is 2.45. The van der Waals surface area contributed by atoms with Gasteiger partial charge in [-0.1, -0.05) is 23.5 Å². The molecule has 3 nitrogen and oxygen atoms in total. The quantitative estimate of drug-likeness (QED) is 0.845. The van der Waals surface area contributed by atoms with Gasteiger partial charge in [-0.2, -0.15) is 11.8 Å². The lowest BCUT2D eigenvalue weighted by Gasteiger charge is -2.17. The topological polar surface area (TPSA) is 40.5 Å². The third kappa shape index (κ3) is 4.92. The van der Waals surface area contributed by atoms with Gasteiger partial charge in [-0.05, 0) is 25.3 Å². The van der Waals surface area contributed by atoms with Crippen molar-refractivity contribution in [1.29, 1.82) is 0 Å². The van der Waals surface area contributed by atoms with Gasteiger partial charge in [-0.15, -0.1) is 0 Å². The Kier molecular flexibility index (Phi) is 7.21. The van der Waals surface area contributed by atoms with E-state index in [-0.39, 0.29) is 12.5 Å². The maximum absolute atomic E-state index is 12.5. The van der Waals surface area contributed by atoms with Crippen LogP contribution < -0.4 is 0 Å². The number of amides is 1. The first-order chi connectivity index (χ1) is 9.60. The number of thioether (sulfide) groups is 1. The fraction of sp³-hybridized carbons (Fsp3) is 0.438. The van der Waals surface area contributed by atoms with Gasteiger partial charge in [-0.3, -0.25) is 4.79 Å². The Bertz CT molecular complexity index is 517. The molecule has 1 aromatic carbocycles. The molecule has 0 aliphatic rings. The highest BCUT2D eigenvalue weighted by Gasteiger charge is 2.14. The molecule has 0 heterocycles. The number of aliphatic hydroxyl groups is 1. The van der Waals surface area contributed by atoms with Gasteiger partial charge < -0.3 is 10.0 Å². The summed E-state index contributed by atoms with van der Waals surface area (Å²) in [6.07, 6.45) is 2.45. The number of hydrogen-bond acceptors (Lipinski definition) is 3. The van der Waals surface area contributed by atoms with Gasteiger partial charge in [0.05, 0.1) is 12.2 Å². The Balaban J connectivity index is 3.00. The van der Waals surface area contributed by atoms with E-state index >= 15 is 0 Å². The van der Waals surface area contributed by atoms with Crippen molar-refractivity contribution < 1.29 is 9.90 Å². The molecule has 4 heteroatoms. The minimum absolute atomic E-state index is 0.00366. The maximum Gasteiger partial charge on any atom is 0.254 e. The van der Waals surface area contributed by atoms with Gasteiger partial charge in [0.1, 0.15) is 0 Å². The summed E-state index contributed by atoms with van der Waals surface area (Å²) in [5.74, 6) is 6.76. The summed E-state index contributed by atoms with van der Waals surface area (Å²) in [5.41, 5.74) is 2.41. The van der Waals surface area contributed by atoms with Crippen molar-refractivity contribution in [1.82, 2.24) is 4.90 Å². The number of aliphatic hydroxyl groups excluding tert-OH is 1. The molecule has 0 saturated carbocycles. The Morgan fingerprint density at radius 2 is 2.20 bits per heavy atom. The van der Waals surface area contributed by atoms with Crippen LogP contribution in [0.4, 0.5) is 0 Å². The Morgan fingerprint density at radius 1 is 1.45 bits per heavy atom. The number of nitrogens with zero attached hydrogens (tertiary/aromatic N) is 1. The minimum Gasteiger partial charge on any atom is -0.395 e. The van der Waals surface area contributed by atoms with Crippen LogP contribution in [0.3, 0.4) is 0 Å². The summed E-state index contributed by atoms with van der Waals surface area (Å²) in [6, 6.07) is 5.69. The highest BCUT2D eigenvalue weighted by molar-refractivity contribution is 7.98. The van der Waals surface area contributed by atoms with Crippen LogP contribution >= 0.6 is 11.8 Å². The van der Waals surface area contributed by atoms with E-state index in [1.54, 1.807) is 16.7 Å². The fourth-order valence-corrected chi connectivity index (χ4v) is 2.15. The van der Waals surface area contributed by atoms with Crippen molar-refractivity contribution in [2.45, 2.75) is 13.3 Å². The lowest BCUT2D eigenvalue weighted by atomic mass is 10.0. The van der Waals surface area contributed by atoms with Crippen molar-refractivity contribution in [3.05, 3.63) is 34.9 Å². The molecule has 0 bridgehead atoms. The lowest BCUT2D eigenvalue weighted by molar-refractivity contribution is 0.0803. The number of benzene rings is 1. The number of aryl methyl sites for hydroxylation is 1. The summed E-state index contributed by atoms with van der Waals surface area (Å²) in [6.45, 7) is 2.72. The molecular weight excluding hydrogens is 270 g/mol. The van der Waals surface area contributed by atoms with Crippen LogP contribution in [-0.2, 0) is 0 Å². The van der Waals surface area contributed by atoms with Crippen LogP contribution in [0.25, 0.3) is 0 Å². The van der Waals surface area contributed by atoms with Crippen molar-refractivity contribution in [3.63, 3.8) is 0 Å². The van der Waals surface area contributed by atoms with E-state index in [2.05, 4.69) is 11.8 Å². The van der Waals surface area contributed by atoms with E-state index in [4.69, 9.17) is 5.11 Å².